The van der Waals surface area contributed by atoms with Gasteiger partial charge in [-0.1, -0.05) is 0 Å². The van der Waals surface area contributed by atoms with Gasteiger partial charge in [0, 0.05) is 0 Å². The van der Waals surface area contributed by atoms with E-state index in [0.717, 1.165) is 0 Å². The first-order valence-corrected chi connectivity index (χ1v) is 2.19. The van der Waals surface area contributed by atoms with Gasteiger partial charge in [0.15, 0.2) is 0 Å². The van der Waals surface area contributed by atoms with Crippen LogP contribution in [0.15, 0.2) is 0 Å². The molecule has 0 aromatic heterocycles. The molecule has 8 heteroatoms. The first kappa shape index (κ1) is 22.5. The van der Waals surface area contributed by atoms with Crippen LogP contribution in [0.25, 0.3) is 0 Å². The molecule has 4 nitrogen and oxygen atoms in total. The minimum atomic E-state index is -5.39. The maximum atomic E-state index is 8.55. The summed E-state index contributed by atoms with van der Waals surface area (Å²) in [5, 5.41) is 0. The van der Waals surface area contributed by atoms with Crippen LogP contribution in [0.1, 0.15) is 0 Å². The van der Waals surface area contributed by atoms with Gasteiger partial charge in [-0.3, -0.25) is 0 Å². The molecule has 0 saturated carbocycles. The van der Waals surface area contributed by atoms with Crippen molar-refractivity contribution >= 4 is 39.3 Å². The fourth-order valence-electron chi connectivity index (χ4n) is 0. The third-order valence-corrected chi connectivity index (χ3v) is 0. The average molecular weight is 156 g/mol. The van der Waals surface area contributed by atoms with Crippen LogP contribution in [0.4, 0.5) is 0 Å². The molecule has 0 aliphatic heterocycles. The predicted molar refractivity (Wildman–Crippen MR) is 23.3 cm³/mol. The van der Waals surface area contributed by atoms with Gasteiger partial charge in [0.05, 0.1) is 8.41 Å². The van der Waals surface area contributed by atoms with E-state index in [1.807, 2.05) is 0 Å². The first-order valence-electron chi connectivity index (χ1n) is 0.730. The molecular weight excluding hydrogens is 153 g/mol. The van der Waals surface area contributed by atoms with Crippen LogP contribution in [0.2, 0.25) is 0 Å². The average Bonchev–Trinajstić information content (AvgIpc) is 0.722. The Kier molecular flexibility index (Phi) is 25.2. The Morgan fingerprint density at radius 3 is 1.12 bits per heavy atom. The maximum Gasteiger partial charge on any atom is 2.00 e. The third-order valence-electron chi connectivity index (χ3n) is 0. The number of hydrogen-bond donors (Lipinski definition) is 0. The van der Waals surface area contributed by atoms with Gasteiger partial charge in [0.25, 0.3) is 0 Å². The maximum absolute atomic E-state index is 8.55. The third kappa shape index (κ3) is 102. The molecule has 0 bridgehead atoms. The summed E-state index contributed by atoms with van der Waals surface area (Å²) < 4.78 is 8.55. The van der Waals surface area contributed by atoms with Crippen LogP contribution < -0.4 is 44.2 Å². The fraction of sp³-hybridized carbons (Fsp3) is 0. The molecule has 0 amide bonds. The molecule has 0 atom stereocenters. The molecule has 0 rings (SSSR count). The van der Waals surface area contributed by atoms with Crippen LogP contribution >= 0.6 is 7.82 Å². The number of hydrogen-bond acceptors (Lipinski definition) is 4. The Hall–Kier alpha value is 1.94. The minimum Gasteiger partial charge on any atom is -0.822 e. The Balaban J connectivity index is -0.0000000267. The van der Waals surface area contributed by atoms with Gasteiger partial charge >= 0.3 is 52.6 Å². The molecule has 0 spiro atoms. The SMILES string of the molecule is B.O=P([O-])([O-])[O-].[Mg+2].[Na+]. The summed E-state index contributed by atoms with van der Waals surface area (Å²) in [4.78, 5) is 25.6. The van der Waals surface area contributed by atoms with E-state index in [2.05, 4.69) is 0 Å². The van der Waals surface area contributed by atoms with E-state index in [1.165, 1.54) is 0 Å². The molecule has 0 N–H and O–H groups in total. The summed E-state index contributed by atoms with van der Waals surface area (Å²) in [6.07, 6.45) is 0. The van der Waals surface area contributed by atoms with Crippen LogP contribution in [-0.4, -0.2) is 31.5 Å². The molecule has 0 saturated heterocycles. The molecule has 0 radical (unpaired) electrons. The molecule has 38 valence electrons. The second-order valence-corrected chi connectivity index (χ2v) is 1.34. The van der Waals surface area contributed by atoms with Crippen molar-refractivity contribution in [1.29, 1.82) is 0 Å². The van der Waals surface area contributed by atoms with Crippen molar-refractivity contribution < 1.29 is 48.8 Å². The monoisotopic (exact) mass is 156 g/mol. The van der Waals surface area contributed by atoms with Gasteiger partial charge < -0.3 is 19.2 Å². The molecule has 8 heavy (non-hydrogen) atoms. The second-order valence-electron chi connectivity index (χ2n) is 0.447. The van der Waals surface area contributed by atoms with Gasteiger partial charge in [-0.15, -0.1) is 0 Å². The van der Waals surface area contributed by atoms with Crippen molar-refractivity contribution in [2.45, 2.75) is 0 Å². The van der Waals surface area contributed by atoms with Crippen molar-refractivity contribution in [2.75, 3.05) is 0 Å². The minimum absolute atomic E-state index is 0. The van der Waals surface area contributed by atoms with E-state index in [-0.39, 0.29) is 61.0 Å². The Bertz CT molecular complexity index is 62.2. The second kappa shape index (κ2) is 8.94. The van der Waals surface area contributed by atoms with E-state index >= 15 is 0 Å². The Morgan fingerprint density at radius 2 is 1.12 bits per heavy atom. The van der Waals surface area contributed by atoms with Gasteiger partial charge in [-0.25, -0.2) is 0 Å². The zero-order chi connectivity index (χ0) is 4.50. The summed E-state index contributed by atoms with van der Waals surface area (Å²) in [7, 11) is -5.39. The predicted octanol–water partition coefficient (Wildman–Crippen LogP) is -7.39. The van der Waals surface area contributed by atoms with Gasteiger partial charge in [0.2, 0.25) is 0 Å². The smallest absolute Gasteiger partial charge is 0.822 e. The summed E-state index contributed by atoms with van der Waals surface area (Å²) in [6.45, 7) is 0. The normalized spacial score (nSPS) is 7.38. The summed E-state index contributed by atoms with van der Waals surface area (Å²) in [6, 6.07) is 0. The largest absolute Gasteiger partial charge is 2.00 e. The molecule has 0 heterocycles. The molecular formula is H3BMgNaO4P. The zero-order valence-corrected chi connectivity index (χ0v) is 8.10. The Labute approximate surface area is 87.3 Å². The van der Waals surface area contributed by atoms with Crippen LogP contribution in [0.3, 0.4) is 0 Å². The fourth-order valence-corrected chi connectivity index (χ4v) is 0. The topological polar surface area (TPSA) is 86.2 Å². The molecule has 0 aliphatic carbocycles. The summed E-state index contributed by atoms with van der Waals surface area (Å²) in [5.74, 6) is 0. The number of rotatable bonds is 0. The number of phosphoric acid groups is 1. The van der Waals surface area contributed by atoms with Gasteiger partial charge in [0.1, 0.15) is 0 Å². The molecule has 0 aromatic carbocycles. The standard InChI is InChI=1S/BH3.Mg.Na.H3O4P/c;;;1-5(2,3)4/h1H3;;;(H3,1,2,3,4)/q;+2;+1;/p-3. The quantitative estimate of drug-likeness (QED) is 0.257. The molecule has 0 aliphatic rings. The van der Waals surface area contributed by atoms with Crippen molar-refractivity contribution in [1.82, 2.24) is 0 Å². The van der Waals surface area contributed by atoms with E-state index in [9.17, 15) is 0 Å². The van der Waals surface area contributed by atoms with Crippen molar-refractivity contribution in [3.8, 4) is 0 Å². The van der Waals surface area contributed by atoms with Gasteiger partial charge in [-0.2, -0.15) is 7.82 Å². The zero-order valence-electron chi connectivity index (χ0n) is 3.79. The summed E-state index contributed by atoms with van der Waals surface area (Å²) >= 11 is 0. The molecule has 0 unspecified atom stereocenters. The first-order chi connectivity index (χ1) is 2.00. The van der Waals surface area contributed by atoms with E-state index in [1.54, 1.807) is 0 Å². The van der Waals surface area contributed by atoms with Crippen molar-refractivity contribution in [3.05, 3.63) is 0 Å². The molecule has 0 aromatic rings. The van der Waals surface area contributed by atoms with Crippen LogP contribution in [0.5, 0.6) is 0 Å². The van der Waals surface area contributed by atoms with E-state index in [4.69, 9.17) is 19.2 Å². The van der Waals surface area contributed by atoms with E-state index < -0.39 is 7.82 Å². The van der Waals surface area contributed by atoms with E-state index in [0.29, 0.717) is 0 Å². The van der Waals surface area contributed by atoms with Gasteiger partial charge in [-0.05, 0) is 0 Å². The van der Waals surface area contributed by atoms with Crippen LogP contribution in [-0.2, 0) is 4.57 Å². The summed E-state index contributed by atoms with van der Waals surface area (Å²) in [5.41, 5.74) is 0. The van der Waals surface area contributed by atoms with Crippen molar-refractivity contribution in [2.24, 2.45) is 0 Å². The van der Waals surface area contributed by atoms with Crippen LogP contribution in [0, 0.1) is 0 Å². The Morgan fingerprint density at radius 1 is 1.12 bits per heavy atom. The molecule has 0 fully saturated rings. The van der Waals surface area contributed by atoms with Crippen molar-refractivity contribution in [3.63, 3.8) is 0 Å².